The number of halogens is 1. The Morgan fingerprint density at radius 3 is 2.66 bits per heavy atom. The van der Waals surface area contributed by atoms with Crippen molar-refractivity contribution in [1.82, 2.24) is 25.2 Å². The monoisotopic (exact) mass is 455 g/mol. The van der Waals surface area contributed by atoms with Gasteiger partial charge >= 0.3 is 0 Å². The number of thioether (sulfide) groups is 1. The maximum atomic E-state index is 14.5. The van der Waals surface area contributed by atoms with E-state index in [-0.39, 0.29) is 11.4 Å². The summed E-state index contributed by atoms with van der Waals surface area (Å²) in [4.78, 5) is 21.8. The summed E-state index contributed by atoms with van der Waals surface area (Å²) in [5.74, 6) is 1.16. The van der Waals surface area contributed by atoms with Gasteiger partial charge in [-0.2, -0.15) is 0 Å². The standard InChI is InChI=1S/C23H26FN5O2S/c1-29-22(30)7-6-19-23(29)17(18(24)11-28-19)10-26-15-4-2-14(3-5-15)25-9-16-8-21-20(12-27-16)31-13-32-21/h6-8,11-12,14-15,25-26H,2-5,9-10,13H2,1H3. The highest BCUT2D eigenvalue weighted by Gasteiger charge is 2.22. The second-order valence-electron chi connectivity index (χ2n) is 8.39. The van der Waals surface area contributed by atoms with Gasteiger partial charge in [0.15, 0.2) is 5.75 Å². The maximum absolute atomic E-state index is 14.5. The van der Waals surface area contributed by atoms with Gasteiger partial charge in [-0.25, -0.2) is 4.39 Å². The third kappa shape index (κ3) is 4.37. The highest BCUT2D eigenvalue weighted by molar-refractivity contribution is 7.99. The molecule has 5 rings (SSSR count). The Kier molecular flexibility index (Phi) is 6.12. The summed E-state index contributed by atoms with van der Waals surface area (Å²) in [6.45, 7) is 1.13. The molecule has 3 aromatic heterocycles. The van der Waals surface area contributed by atoms with E-state index in [1.165, 1.54) is 16.8 Å². The van der Waals surface area contributed by atoms with E-state index in [4.69, 9.17) is 4.74 Å². The van der Waals surface area contributed by atoms with E-state index in [9.17, 15) is 9.18 Å². The van der Waals surface area contributed by atoms with Gasteiger partial charge in [-0.3, -0.25) is 14.8 Å². The van der Waals surface area contributed by atoms with Crippen molar-refractivity contribution in [1.29, 1.82) is 0 Å². The SMILES string of the molecule is Cn1c(=O)ccc2ncc(F)c(CNC3CCC(NCc4cc5c(cn4)OCS5)CC3)c21. The van der Waals surface area contributed by atoms with Gasteiger partial charge in [-0.15, -0.1) is 0 Å². The molecule has 9 heteroatoms. The van der Waals surface area contributed by atoms with E-state index < -0.39 is 0 Å². The molecule has 0 atom stereocenters. The van der Waals surface area contributed by atoms with Crippen LogP contribution in [0.4, 0.5) is 4.39 Å². The van der Waals surface area contributed by atoms with Crippen molar-refractivity contribution in [3.8, 4) is 5.75 Å². The maximum Gasteiger partial charge on any atom is 0.250 e. The summed E-state index contributed by atoms with van der Waals surface area (Å²) in [5.41, 5.74) is 2.56. The zero-order chi connectivity index (χ0) is 22.1. The Bertz CT molecular complexity index is 1190. The summed E-state index contributed by atoms with van der Waals surface area (Å²) in [6, 6.07) is 5.99. The van der Waals surface area contributed by atoms with Crippen molar-refractivity contribution >= 4 is 22.8 Å². The van der Waals surface area contributed by atoms with E-state index in [1.54, 1.807) is 24.9 Å². The number of aryl methyl sites for hydroxylation is 1. The van der Waals surface area contributed by atoms with E-state index in [0.717, 1.165) is 48.6 Å². The lowest BCUT2D eigenvalue weighted by atomic mass is 9.91. The third-order valence-corrected chi connectivity index (χ3v) is 7.23. The Morgan fingerprint density at radius 2 is 1.88 bits per heavy atom. The number of ether oxygens (including phenoxy) is 1. The Hall–Kier alpha value is -2.49. The van der Waals surface area contributed by atoms with Gasteiger partial charge in [-0.1, -0.05) is 11.8 Å². The van der Waals surface area contributed by atoms with Crippen LogP contribution in [0, 0.1) is 5.82 Å². The molecule has 2 N–H and O–H groups in total. The molecule has 4 heterocycles. The number of pyridine rings is 3. The highest BCUT2D eigenvalue weighted by atomic mass is 32.2. The molecule has 3 aromatic rings. The molecule has 1 aliphatic heterocycles. The molecule has 1 aliphatic carbocycles. The Balaban J connectivity index is 1.15. The number of hydrogen-bond acceptors (Lipinski definition) is 7. The molecule has 0 spiro atoms. The molecule has 0 radical (unpaired) electrons. The van der Waals surface area contributed by atoms with Crippen molar-refractivity contribution in [2.24, 2.45) is 7.05 Å². The molecule has 0 bridgehead atoms. The van der Waals surface area contributed by atoms with Crippen LogP contribution in [0.1, 0.15) is 36.9 Å². The van der Waals surface area contributed by atoms with Crippen LogP contribution in [-0.2, 0) is 20.1 Å². The number of rotatable bonds is 6. The van der Waals surface area contributed by atoms with Crippen LogP contribution in [0.3, 0.4) is 0 Å². The van der Waals surface area contributed by atoms with Crippen LogP contribution in [0.5, 0.6) is 5.75 Å². The van der Waals surface area contributed by atoms with Crippen LogP contribution in [0.2, 0.25) is 0 Å². The molecular formula is C23H26FN5O2S. The van der Waals surface area contributed by atoms with Crippen LogP contribution in [0.15, 0.2) is 40.3 Å². The van der Waals surface area contributed by atoms with E-state index >= 15 is 0 Å². The first-order valence-electron chi connectivity index (χ1n) is 10.9. The van der Waals surface area contributed by atoms with Crippen LogP contribution in [0.25, 0.3) is 11.0 Å². The van der Waals surface area contributed by atoms with Crippen LogP contribution < -0.4 is 20.9 Å². The number of nitrogens with one attached hydrogen (secondary N) is 2. The minimum absolute atomic E-state index is 0.165. The molecule has 1 fully saturated rings. The lowest BCUT2D eigenvalue weighted by molar-refractivity contribution is 0.304. The normalized spacial score (nSPS) is 20.3. The molecule has 0 amide bonds. The first kappa shape index (κ1) is 21.4. The first-order valence-corrected chi connectivity index (χ1v) is 11.9. The summed E-state index contributed by atoms with van der Waals surface area (Å²) >= 11 is 1.70. The molecule has 168 valence electrons. The van der Waals surface area contributed by atoms with Crippen molar-refractivity contribution in [2.45, 2.75) is 55.8 Å². The quantitative estimate of drug-likeness (QED) is 0.591. The average molecular weight is 456 g/mol. The molecule has 7 nitrogen and oxygen atoms in total. The molecule has 0 unspecified atom stereocenters. The third-order valence-electron chi connectivity index (χ3n) is 6.37. The molecule has 32 heavy (non-hydrogen) atoms. The molecule has 0 aromatic carbocycles. The summed E-state index contributed by atoms with van der Waals surface area (Å²) in [7, 11) is 1.66. The van der Waals surface area contributed by atoms with E-state index in [2.05, 4.69) is 26.7 Å². The lowest BCUT2D eigenvalue weighted by Gasteiger charge is -2.30. The molecular weight excluding hydrogens is 429 g/mol. The lowest BCUT2D eigenvalue weighted by Crippen LogP contribution is -2.39. The zero-order valence-electron chi connectivity index (χ0n) is 17.9. The topological polar surface area (TPSA) is 81.1 Å². The smallest absolute Gasteiger partial charge is 0.250 e. The number of nitrogens with zero attached hydrogens (tertiary/aromatic N) is 3. The van der Waals surface area contributed by atoms with Gasteiger partial charge in [0.25, 0.3) is 5.56 Å². The van der Waals surface area contributed by atoms with Gasteiger partial charge in [0.2, 0.25) is 0 Å². The van der Waals surface area contributed by atoms with Gasteiger partial charge in [-0.05, 0) is 37.8 Å². The second-order valence-corrected chi connectivity index (χ2v) is 9.35. The number of hydrogen-bond donors (Lipinski definition) is 2. The minimum Gasteiger partial charge on any atom is -0.480 e. The fourth-order valence-electron chi connectivity index (χ4n) is 4.51. The van der Waals surface area contributed by atoms with Crippen LogP contribution in [-0.4, -0.2) is 32.6 Å². The van der Waals surface area contributed by atoms with E-state index in [1.807, 2.05) is 6.20 Å². The van der Waals surface area contributed by atoms with Crippen molar-refractivity contribution in [3.63, 3.8) is 0 Å². The van der Waals surface area contributed by atoms with Crippen LogP contribution >= 0.6 is 11.8 Å². The van der Waals surface area contributed by atoms with Crippen molar-refractivity contribution in [3.05, 3.63) is 58.0 Å². The predicted molar refractivity (Wildman–Crippen MR) is 122 cm³/mol. The fourth-order valence-corrected chi connectivity index (χ4v) is 5.29. The fraction of sp³-hybridized carbons (Fsp3) is 0.435. The Morgan fingerprint density at radius 1 is 1.12 bits per heavy atom. The average Bonchev–Trinajstić information content (AvgIpc) is 3.28. The Labute approximate surface area is 189 Å². The van der Waals surface area contributed by atoms with E-state index in [0.29, 0.717) is 41.2 Å². The van der Waals surface area contributed by atoms with Crippen molar-refractivity contribution < 1.29 is 9.13 Å². The summed E-state index contributed by atoms with van der Waals surface area (Å²) in [5, 5.41) is 7.12. The summed E-state index contributed by atoms with van der Waals surface area (Å²) < 4.78 is 21.5. The largest absolute Gasteiger partial charge is 0.480 e. The number of fused-ring (bicyclic) bond motifs is 2. The molecule has 0 saturated heterocycles. The highest BCUT2D eigenvalue weighted by Crippen LogP contribution is 2.35. The van der Waals surface area contributed by atoms with Gasteiger partial charge in [0, 0.05) is 43.9 Å². The van der Waals surface area contributed by atoms with Gasteiger partial charge < -0.3 is 19.9 Å². The predicted octanol–water partition coefficient (Wildman–Crippen LogP) is 3.10. The van der Waals surface area contributed by atoms with Gasteiger partial charge in [0.1, 0.15) is 11.8 Å². The van der Waals surface area contributed by atoms with Gasteiger partial charge in [0.05, 0.1) is 34.0 Å². The molecule has 1 saturated carbocycles. The number of aromatic nitrogens is 3. The van der Waals surface area contributed by atoms with Crippen molar-refractivity contribution in [2.75, 3.05) is 5.94 Å². The second kappa shape index (κ2) is 9.17. The molecule has 2 aliphatic rings. The zero-order valence-corrected chi connectivity index (χ0v) is 18.8. The summed E-state index contributed by atoms with van der Waals surface area (Å²) in [6.07, 6.45) is 7.19. The minimum atomic E-state index is -0.382. The first-order chi connectivity index (χ1) is 15.6.